The highest BCUT2D eigenvalue weighted by atomic mass is 35.5. The van der Waals surface area contributed by atoms with Crippen LogP contribution in [0.5, 0.6) is 23.0 Å². The minimum atomic E-state index is -0.0820. The van der Waals surface area contributed by atoms with Crippen molar-refractivity contribution >= 4 is 17.4 Å². The van der Waals surface area contributed by atoms with E-state index >= 15 is 0 Å². The Morgan fingerprint density at radius 3 is 1.62 bits per heavy atom. The lowest BCUT2D eigenvalue weighted by Crippen LogP contribution is -2.00. The quantitative estimate of drug-likeness (QED) is 0.322. The smallest absolute Gasteiger partial charge is 0.193 e. The maximum absolute atomic E-state index is 12.5. The highest BCUT2D eigenvalue weighted by Gasteiger charge is 2.10. The van der Waals surface area contributed by atoms with Crippen molar-refractivity contribution in [3.05, 3.63) is 119 Å². The minimum absolute atomic E-state index is 0.0820. The Kier molecular flexibility index (Phi) is 5.59. The average Bonchev–Trinajstić information content (AvgIpc) is 2.76. The molecule has 29 heavy (non-hydrogen) atoms. The van der Waals surface area contributed by atoms with Crippen LogP contribution >= 0.6 is 11.6 Å². The van der Waals surface area contributed by atoms with Crippen molar-refractivity contribution < 1.29 is 14.3 Å². The van der Waals surface area contributed by atoms with Crippen LogP contribution in [0, 0.1) is 0 Å². The molecule has 0 bridgehead atoms. The Morgan fingerprint density at radius 2 is 1.07 bits per heavy atom. The van der Waals surface area contributed by atoms with Crippen molar-refractivity contribution in [3.63, 3.8) is 0 Å². The van der Waals surface area contributed by atoms with Crippen LogP contribution < -0.4 is 9.47 Å². The standard InChI is InChI=1S/C25H17ClO3/c26-20-6-4-5-19(17-20)25(27)18-9-11-22(12-10-18)29-24-15-13-23(14-16-24)28-21-7-2-1-3-8-21/h1-17H. The van der Waals surface area contributed by atoms with Crippen molar-refractivity contribution in [2.24, 2.45) is 0 Å². The van der Waals surface area contributed by atoms with E-state index in [0.29, 0.717) is 27.6 Å². The third-order valence-electron chi connectivity index (χ3n) is 4.24. The van der Waals surface area contributed by atoms with Crippen molar-refractivity contribution in [2.75, 3.05) is 0 Å². The van der Waals surface area contributed by atoms with Gasteiger partial charge in [0.2, 0.25) is 0 Å². The number of carbonyl (C=O) groups excluding carboxylic acids is 1. The van der Waals surface area contributed by atoms with Gasteiger partial charge in [-0.2, -0.15) is 0 Å². The maximum atomic E-state index is 12.5. The molecule has 4 heteroatoms. The van der Waals surface area contributed by atoms with E-state index < -0.39 is 0 Å². The van der Waals surface area contributed by atoms with E-state index in [2.05, 4.69) is 0 Å². The maximum Gasteiger partial charge on any atom is 0.193 e. The summed E-state index contributed by atoms with van der Waals surface area (Å²) >= 11 is 5.97. The normalized spacial score (nSPS) is 10.4. The molecule has 3 nitrogen and oxygen atoms in total. The number of halogens is 1. The lowest BCUT2D eigenvalue weighted by atomic mass is 10.0. The summed E-state index contributed by atoms with van der Waals surface area (Å²) in [6.07, 6.45) is 0. The van der Waals surface area contributed by atoms with Gasteiger partial charge in [0.1, 0.15) is 23.0 Å². The number of hydrogen-bond acceptors (Lipinski definition) is 3. The number of carbonyl (C=O) groups is 1. The second kappa shape index (κ2) is 8.63. The Morgan fingerprint density at radius 1 is 0.552 bits per heavy atom. The summed E-state index contributed by atoms with van der Waals surface area (Å²) in [5.74, 6) is 2.75. The molecule has 0 spiro atoms. The number of ether oxygens (including phenoxy) is 2. The van der Waals surface area contributed by atoms with Crippen LogP contribution in [0.1, 0.15) is 15.9 Å². The first-order valence-corrected chi connectivity index (χ1v) is 9.46. The van der Waals surface area contributed by atoms with Crippen LogP contribution in [0.2, 0.25) is 5.02 Å². The molecular formula is C25H17ClO3. The molecule has 4 rings (SSSR count). The second-order valence-electron chi connectivity index (χ2n) is 6.35. The van der Waals surface area contributed by atoms with Crippen molar-refractivity contribution in [1.82, 2.24) is 0 Å². The number of benzene rings is 4. The number of rotatable bonds is 6. The van der Waals surface area contributed by atoms with E-state index in [4.69, 9.17) is 21.1 Å². The van der Waals surface area contributed by atoms with Crippen LogP contribution in [0.15, 0.2) is 103 Å². The highest BCUT2D eigenvalue weighted by molar-refractivity contribution is 6.31. The van der Waals surface area contributed by atoms with E-state index in [1.807, 2.05) is 54.6 Å². The van der Waals surface area contributed by atoms with E-state index in [9.17, 15) is 4.79 Å². The summed E-state index contributed by atoms with van der Waals surface area (Å²) in [4.78, 5) is 12.5. The molecule has 0 amide bonds. The number of ketones is 1. The molecule has 0 aliphatic rings. The van der Waals surface area contributed by atoms with Crippen molar-refractivity contribution in [1.29, 1.82) is 0 Å². The molecule has 0 radical (unpaired) electrons. The number of hydrogen-bond donors (Lipinski definition) is 0. The molecule has 0 saturated heterocycles. The fourth-order valence-electron chi connectivity index (χ4n) is 2.81. The van der Waals surface area contributed by atoms with E-state index in [1.165, 1.54) is 0 Å². The molecule has 4 aromatic carbocycles. The van der Waals surface area contributed by atoms with Gasteiger partial charge in [-0.05, 0) is 72.8 Å². The van der Waals surface area contributed by atoms with Crippen molar-refractivity contribution in [3.8, 4) is 23.0 Å². The van der Waals surface area contributed by atoms with Crippen LogP contribution in [0.3, 0.4) is 0 Å². The van der Waals surface area contributed by atoms with Crippen molar-refractivity contribution in [2.45, 2.75) is 0 Å². The summed E-state index contributed by atoms with van der Waals surface area (Å²) in [6.45, 7) is 0. The topological polar surface area (TPSA) is 35.5 Å². The van der Waals surface area contributed by atoms with Crippen LogP contribution in [0.4, 0.5) is 0 Å². The molecule has 0 aliphatic heterocycles. The summed E-state index contributed by atoms with van der Waals surface area (Å²) in [6, 6.07) is 30.9. The first-order chi connectivity index (χ1) is 14.2. The van der Waals surface area contributed by atoms with Gasteiger partial charge in [0.25, 0.3) is 0 Å². The number of para-hydroxylation sites is 1. The fourth-order valence-corrected chi connectivity index (χ4v) is 3.00. The minimum Gasteiger partial charge on any atom is -0.457 e. The van der Waals surface area contributed by atoms with E-state index in [0.717, 1.165) is 11.5 Å². The first-order valence-electron chi connectivity index (χ1n) is 9.08. The van der Waals surface area contributed by atoms with Gasteiger partial charge in [-0.3, -0.25) is 4.79 Å². The molecule has 0 fully saturated rings. The highest BCUT2D eigenvalue weighted by Crippen LogP contribution is 2.27. The van der Waals surface area contributed by atoms with Gasteiger partial charge in [0, 0.05) is 16.1 Å². The molecule has 0 unspecified atom stereocenters. The largest absolute Gasteiger partial charge is 0.457 e. The summed E-state index contributed by atoms with van der Waals surface area (Å²) in [5, 5.41) is 0.537. The first kappa shape index (κ1) is 18.8. The molecule has 4 aromatic rings. The Labute approximate surface area is 174 Å². The van der Waals surface area contributed by atoms with E-state index in [-0.39, 0.29) is 5.78 Å². The zero-order valence-corrected chi connectivity index (χ0v) is 16.2. The van der Waals surface area contributed by atoms with Crippen LogP contribution in [-0.2, 0) is 0 Å². The lowest BCUT2D eigenvalue weighted by molar-refractivity contribution is 0.103. The Balaban J connectivity index is 1.41. The van der Waals surface area contributed by atoms with Gasteiger partial charge < -0.3 is 9.47 Å². The molecular weight excluding hydrogens is 384 g/mol. The zero-order valence-electron chi connectivity index (χ0n) is 15.4. The predicted octanol–water partition coefficient (Wildman–Crippen LogP) is 7.16. The lowest BCUT2D eigenvalue weighted by Gasteiger charge is -2.09. The van der Waals surface area contributed by atoms with Crippen LogP contribution in [-0.4, -0.2) is 5.78 Å². The van der Waals surface area contributed by atoms with E-state index in [1.54, 1.807) is 48.5 Å². The molecule has 0 aliphatic carbocycles. The summed E-state index contributed by atoms with van der Waals surface area (Å²) in [5.41, 5.74) is 1.13. The van der Waals surface area contributed by atoms with Gasteiger partial charge >= 0.3 is 0 Å². The van der Waals surface area contributed by atoms with Gasteiger partial charge in [0.15, 0.2) is 5.78 Å². The summed E-state index contributed by atoms with van der Waals surface area (Å²) in [7, 11) is 0. The summed E-state index contributed by atoms with van der Waals surface area (Å²) < 4.78 is 11.6. The van der Waals surface area contributed by atoms with Gasteiger partial charge in [-0.15, -0.1) is 0 Å². The average molecular weight is 401 g/mol. The van der Waals surface area contributed by atoms with Crippen LogP contribution in [0.25, 0.3) is 0 Å². The Bertz CT molecular complexity index is 1100. The molecule has 0 saturated carbocycles. The van der Waals surface area contributed by atoms with Gasteiger partial charge in [0.05, 0.1) is 0 Å². The SMILES string of the molecule is O=C(c1ccc(Oc2ccc(Oc3ccccc3)cc2)cc1)c1cccc(Cl)c1. The molecule has 0 aromatic heterocycles. The second-order valence-corrected chi connectivity index (χ2v) is 6.79. The molecule has 0 N–H and O–H groups in total. The third kappa shape index (κ3) is 4.84. The Hall–Kier alpha value is -3.56. The van der Waals surface area contributed by atoms with Gasteiger partial charge in [-0.1, -0.05) is 41.9 Å². The third-order valence-corrected chi connectivity index (χ3v) is 4.48. The van der Waals surface area contributed by atoms with Gasteiger partial charge in [-0.25, -0.2) is 0 Å². The molecule has 142 valence electrons. The molecule has 0 atom stereocenters. The monoisotopic (exact) mass is 400 g/mol. The zero-order chi connectivity index (χ0) is 20.1. The fraction of sp³-hybridized carbons (Fsp3) is 0. The molecule has 0 heterocycles. The predicted molar refractivity (Wildman–Crippen MR) is 114 cm³/mol.